The molecule has 7 nitrogen and oxygen atoms in total. The summed E-state index contributed by atoms with van der Waals surface area (Å²) in [6.07, 6.45) is -0.866. The molecule has 7 heteroatoms. The van der Waals surface area contributed by atoms with Gasteiger partial charge in [-0.15, -0.1) is 0 Å². The molecule has 1 aliphatic rings. The zero-order valence-corrected chi connectivity index (χ0v) is 13.6. The third-order valence-electron chi connectivity index (χ3n) is 3.92. The topological polar surface area (TPSA) is 99.1 Å². The van der Waals surface area contributed by atoms with Crippen molar-refractivity contribution in [1.29, 1.82) is 0 Å². The number of carbonyl (C=O) groups is 2. The van der Waals surface area contributed by atoms with E-state index < -0.39 is 12.2 Å². The highest BCUT2D eigenvalue weighted by atomic mass is 16.6. The van der Waals surface area contributed by atoms with Gasteiger partial charge in [0.1, 0.15) is 17.6 Å². The van der Waals surface area contributed by atoms with E-state index >= 15 is 0 Å². The minimum absolute atomic E-state index is 0.0563. The van der Waals surface area contributed by atoms with Crippen LogP contribution in [0.3, 0.4) is 0 Å². The number of benzene rings is 2. The number of amides is 2. The van der Waals surface area contributed by atoms with Crippen LogP contribution in [0.25, 0.3) is 11.1 Å². The molecule has 1 fully saturated rings. The van der Waals surface area contributed by atoms with Crippen LogP contribution >= 0.6 is 0 Å². The molecule has 0 spiro atoms. The zero-order chi connectivity index (χ0) is 18.0. The van der Waals surface area contributed by atoms with Gasteiger partial charge in [-0.2, -0.15) is 0 Å². The molecular weight excluding hydrogens is 324 g/mol. The van der Waals surface area contributed by atoms with Crippen molar-refractivity contribution in [1.82, 2.24) is 5.32 Å². The van der Waals surface area contributed by atoms with Crippen molar-refractivity contribution in [2.24, 2.45) is 0 Å². The maximum Gasteiger partial charge on any atom is 0.414 e. The van der Waals surface area contributed by atoms with Gasteiger partial charge < -0.3 is 20.3 Å². The number of phenols is 2. The molecule has 3 N–H and O–H groups in total. The van der Waals surface area contributed by atoms with Crippen molar-refractivity contribution < 1.29 is 24.5 Å². The highest BCUT2D eigenvalue weighted by molar-refractivity contribution is 5.90. The Labute approximate surface area is 144 Å². The third-order valence-corrected chi connectivity index (χ3v) is 3.92. The van der Waals surface area contributed by atoms with E-state index in [-0.39, 0.29) is 24.0 Å². The van der Waals surface area contributed by atoms with Crippen molar-refractivity contribution in [3.63, 3.8) is 0 Å². The Bertz CT molecular complexity index is 804. The standard InChI is InChI=1S/C18H18N2O5/c1-11(21)19-9-15-10-20(18(24)25-15)13-4-2-12(3-5-13)16-8-14(22)6-7-17(16)23/h2-8,15,22-23H,9-10H2,1H3,(H,19,21). The van der Waals surface area contributed by atoms with E-state index in [1.54, 1.807) is 24.3 Å². The monoisotopic (exact) mass is 342 g/mol. The lowest BCUT2D eigenvalue weighted by Gasteiger charge is -2.14. The van der Waals surface area contributed by atoms with Crippen LogP contribution in [0.1, 0.15) is 6.92 Å². The second-order valence-electron chi connectivity index (χ2n) is 5.80. The van der Waals surface area contributed by atoms with Crippen LogP contribution in [0, 0.1) is 0 Å². The van der Waals surface area contributed by atoms with E-state index in [0.29, 0.717) is 23.4 Å². The summed E-state index contributed by atoms with van der Waals surface area (Å²) in [5, 5.41) is 22.1. The summed E-state index contributed by atoms with van der Waals surface area (Å²) in [6.45, 7) is 2.02. The average Bonchev–Trinajstić information content (AvgIpc) is 2.96. The number of carbonyl (C=O) groups excluding carboxylic acids is 2. The second kappa shape index (κ2) is 6.72. The lowest BCUT2D eigenvalue weighted by Crippen LogP contribution is -2.33. The van der Waals surface area contributed by atoms with Crippen LogP contribution in [0.5, 0.6) is 11.5 Å². The van der Waals surface area contributed by atoms with Gasteiger partial charge in [0, 0.05) is 18.2 Å². The fourth-order valence-electron chi connectivity index (χ4n) is 2.67. The van der Waals surface area contributed by atoms with Crippen molar-refractivity contribution in [2.75, 3.05) is 18.0 Å². The Balaban J connectivity index is 1.75. The summed E-state index contributed by atoms with van der Waals surface area (Å²) in [7, 11) is 0. The first-order chi connectivity index (χ1) is 11.9. The number of nitrogens with one attached hydrogen (secondary N) is 1. The second-order valence-corrected chi connectivity index (χ2v) is 5.80. The molecule has 2 aromatic rings. The van der Waals surface area contributed by atoms with Crippen LogP contribution in [-0.2, 0) is 9.53 Å². The summed E-state index contributed by atoms with van der Waals surface area (Å²) < 4.78 is 5.23. The molecule has 1 unspecified atom stereocenters. The fraction of sp³-hybridized carbons (Fsp3) is 0.222. The van der Waals surface area contributed by atoms with Gasteiger partial charge in [-0.05, 0) is 35.9 Å². The van der Waals surface area contributed by atoms with E-state index in [1.807, 2.05) is 0 Å². The molecule has 1 saturated heterocycles. The van der Waals surface area contributed by atoms with Gasteiger partial charge in [-0.25, -0.2) is 4.79 Å². The van der Waals surface area contributed by atoms with Gasteiger partial charge in [0.2, 0.25) is 5.91 Å². The number of rotatable bonds is 4. The zero-order valence-electron chi connectivity index (χ0n) is 13.6. The Morgan fingerprint density at radius 2 is 1.96 bits per heavy atom. The quantitative estimate of drug-likeness (QED) is 0.740. The summed E-state index contributed by atoms with van der Waals surface area (Å²) in [5.74, 6) is -0.0629. The van der Waals surface area contributed by atoms with Gasteiger partial charge in [-0.1, -0.05) is 12.1 Å². The molecule has 2 amide bonds. The molecular formula is C18H18N2O5. The number of hydrogen-bond donors (Lipinski definition) is 3. The van der Waals surface area contributed by atoms with Gasteiger partial charge in [0.05, 0.1) is 13.1 Å². The first-order valence-corrected chi connectivity index (χ1v) is 7.79. The number of nitrogens with zero attached hydrogens (tertiary/aromatic N) is 1. The number of cyclic esters (lactones) is 1. The number of ether oxygens (including phenoxy) is 1. The summed E-state index contributed by atoms with van der Waals surface area (Å²) in [4.78, 5) is 24.4. The maximum atomic E-state index is 12.0. The number of phenolic OH excluding ortho intramolecular Hbond substituents is 2. The molecule has 1 heterocycles. The molecule has 1 atom stereocenters. The molecule has 25 heavy (non-hydrogen) atoms. The minimum atomic E-state index is -0.469. The molecule has 3 rings (SSSR count). The van der Waals surface area contributed by atoms with E-state index in [4.69, 9.17) is 4.74 Å². The predicted molar refractivity (Wildman–Crippen MR) is 91.5 cm³/mol. The Morgan fingerprint density at radius 1 is 1.24 bits per heavy atom. The largest absolute Gasteiger partial charge is 0.508 e. The average molecular weight is 342 g/mol. The van der Waals surface area contributed by atoms with E-state index in [9.17, 15) is 19.8 Å². The summed E-state index contributed by atoms with van der Waals surface area (Å²) in [6, 6.07) is 11.3. The summed E-state index contributed by atoms with van der Waals surface area (Å²) >= 11 is 0. The molecule has 0 radical (unpaired) electrons. The van der Waals surface area contributed by atoms with E-state index in [1.165, 1.54) is 30.0 Å². The predicted octanol–water partition coefficient (Wildman–Crippen LogP) is 2.23. The number of hydrogen-bond acceptors (Lipinski definition) is 5. The van der Waals surface area contributed by atoms with Crippen molar-refractivity contribution >= 4 is 17.7 Å². The molecule has 1 aliphatic heterocycles. The number of anilines is 1. The molecule has 0 bridgehead atoms. The maximum absolute atomic E-state index is 12.0. The van der Waals surface area contributed by atoms with Crippen molar-refractivity contribution in [2.45, 2.75) is 13.0 Å². The van der Waals surface area contributed by atoms with Crippen molar-refractivity contribution in [3.8, 4) is 22.6 Å². The highest BCUT2D eigenvalue weighted by Gasteiger charge is 2.32. The molecule has 130 valence electrons. The van der Waals surface area contributed by atoms with E-state index in [2.05, 4.69) is 5.32 Å². The smallest absolute Gasteiger partial charge is 0.414 e. The highest BCUT2D eigenvalue weighted by Crippen LogP contribution is 2.33. The minimum Gasteiger partial charge on any atom is -0.508 e. The van der Waals surface area contributed by atoms with Gasteiger partial charge >= 0.3 is 6.09 Å². The van der Waals surface area contributed by atoms with Crippen LogP contribution in [0.15, 0.2) is 42.5 Å². The van der Waals surface area contributed by atoms with Crippen LogP contribution in [-0.4, -0.2) is 41.4 Å². The van der Waals surface area contributed by atoms with Gasteiger partial charge in [-0.3, -0.25) is 9.69 Å². The normalized spacial score (nSPS) is 16.6. The molecule has 0 aromatic heterocycles. The summed E-state index contributed by atoms with van der Waals surface area (Å²) in [5.41, 5.74) is 1.86. The first-order valence-electron chi connectivity index (χ1n) is 7.79. The van der Waals surface area contributed by atoms with Gasteiger partial charge in [0.25, 0.3) is 0 Å². The molecule has 2 aromatic carbocycles. The molecule has 0 aliphatic carbocycles. The lowest BCUT2D eigenvalue weighted by atomic mass is 10.0. The van der Waals surface area contributed by atoms with Crippen LogP contribution in [0.2, 0.25) is 0 Å². The van der Waals surface area contributed by atoms with Gasteiger partial charge in [0.15, 0.2) is 0 Å². The molecule has 0 saturated carbocycles. The van der Waals surface area contributed by atoms with Crippen LogP contribution < -0.4 is 10.2 Å². The van der Waals surface area contributed by atoms with Crippen molar-refractivity contribution in [3.05, 3.63) is 42.5 Å². The number of aromatic hydroxyl groups is 2. The Hall–Kier alpha value is -3.22. The Kier molecular flexibility index (Phi) is 4.47. The van der Waals surface area contributed by atoms with E-state index in [0.717, 1.165) is 0 Å². The lowest BCUT2D eigenvalue weighted by molar-refractivity contribution is -0.119. The fourth-order valence-corrected chi connectivity index (χ4v) is 2.67. The van der Waals surface area contributed by atoms with Crippen LogP contribution in [0.4, 0.5) is 10.5 Å². The third kappa shape index (κ3) is 3.65. The Morgan fingerprint density at radius 3 is 2.64 bits per heavy atom. The first kappa shape index (κ1) is 16.6. The SMILES string of the molecule is CC(=O)NCC1CN(c2ccc(-c3cc(O)ccc3O)cc2)C(=O)O1.